The van der Waals surface area contributed by atoms with Crippen molar-refractivity contribution in [2.45, 2.75) is 0 Å². The number of hydrogen-bond donors (Lipinski definition) is 1. The topological polar surface area (TPSA) is 77.8 Å². The van der Waals surface area contributed by atoms with E-state index in [0.717, 1.165) is 5.56 Å². The van der Waals surface area contributed by atoms with Crippen molar-refractivity contribution in [3.8, 4) is 17.4 Å². The third-order valence-electron chi connectivity index (χ3n) is 1.98. The monoisotopic (exact) mass is 220 g/mol. The van der Waals surface area contributed by atoms with E-state index in [1.807, 2.05) is 13.2 Å². The maximum Gasteiger partial charge on any atom is 0.321 e. The largest absolute Gasteiger partial charge is 0.467 e. The highest BCUT2D eigenvalue weighted by atomic mass is 16.5. The standard InChI is InChI=1S/C9H12N6O/c1-10-8-12-7(13-9(14-8)16-3)6-4-11-15(2)5-6/h4-5H,1-3H3,(H,10,12,13,14). The molecule has 2 aromatic rings. The summed E-state index contributed by atoms with van der Waals surface area (Å²) >= 11 is 0. The van der Waals surface area contributed by atoms with Gasteiger partial charge in [0.15, 0.2) is 5.82 Å². The predicted octanol–water partition coefficient (Wildman–Crippen LogP) is 0.322. The van der Waals surface area contributed by atoms with Crippen LogP contribution in [0.5, 0.6) is 6.01 Å². The van der Waals surface area contributed by atoms with E-state index >= 15 is 0 Å². The second-order valence-electron chi connectivity index (χ2n) is 3.12. The second-order valence-corrected chi connectivity index (χ2v) is 3.12. The highest BCUT2D eigenvalue weighted by molar-refractivity contribution is 5.54. The number of ether oxygens (including phenoxy) is 1. The fourth-order valence-electron chi connectivity index (χ4n) is 1.23. The Kier molecular flexibility index (Phi) is 2.67. The minimum Gasteiger partial charge on any atom is -0.467 e. The summed E-state index contributed by atoms with van der Waals surface area (Å²) in [5.41, 5.74) is 0.819. The van der Waals surface area contributed by atoms with Crippen LogP contribution in [0.3, 0.4) is 0 Å². The minimum atomic E-state index is 0.276. The first-order chi connectivity index (χ1) is 7.72. The number of aromatic nitrogens is 5. The fourth-order valence-corrected chi connectivity index (χ4v) is 1.23. The maximum atomic E-state index is 5.00. The van der Waals surface area contributed by atoms with Crippen LogP contribution in [0.25, 0.3) is 11.4 Å². The first kappa shape index (κ1) is 10.3. The van der Waals surface area contributed by atoms with E-state index < -0.39 is 0 Å². The molecular weight excluding hydrogens is 208 g/mol. The lowest BCUT2D eigenvalue weighted by molar-refractivity contribution is 0.379. The Balaban J connectivity index is 2.47. The number of aryl methyl sites for hydroxylation is 1. The van der Waals surface area contributed by atoms with Gasteiger partial charge in [-0.3, -0.25) is 4.68 Å². The first-order valence-electron chi connectivity index (χ1n) is 4.69. The summed E-state index contributed by atoms with van der Waals surface area (Å²) in [4.78, 5) is 12.4. The minimum absolute atomic E-state index is 0.276. The molecule has 16 heavy (non-hydrogen) atoms. The predicted molar refractivity (Wildman–Crippen MR) is 58.1 cm³/mol. The number of rotatable bonds is 3. The van der Waals surface area contributed by atoms with Gasteiger partial charge in [0.25, 0.3) is 0 Å². The van der Waals surface area contributed by atoms with Crippen LogP contribution < -0.4 is 10.1 Å². The van der Waals surface area contributed by atoms with Crippen molar-refractivity contribution in [3.63, 3.8) is 0 Å². The Bertz CT molecular complexity index is 472. The van der Waals surface area contributed by atoms with Crippen LogP contribution in [0.1, 0.15) is 0 Å². The van der Waals surface area contributed by atoms with E-state index in [4.69, 9.17) is 4.74 Å². The van der Waals surface area contributed by atoms with E-state index in [-0.39, 0.29) is 6.01 Å². The molecule has 0 atom stereocenters. The van der Waals surface area contributed by atoms with Gasteiger partial charge in [-0.25, -0.2) is 0 Å². The molecule has 2 rings (SSSR count). The average molecular weight is 220 g/mol. The number of methoxy groups -OCH3 is 1. The Hall–Kier alpha value is -2.18. The summed E-state index contributed by atoms with van der Waals surface area (Å²) in [6.07, 6.45) is 3.52. The van der Waals surface area contributed by atoms with Crippen LogP contribution in [-0.4, -0.2) is 38.9 Å². The molecule has 0 aliphatic carbocycles. The lowest BCUT2D eigenvalue weighted by atomic mass is 10.3. The molecule has 1 N–H and O–H groups in total. The van der Waals surface area contributed by atoms with Gasteiger partial charge in [0, 0.05) is 20.3 Å². The Morgan fingerprint density at radius 2 is 2.12 bits per heavy atom. The molecule has 0 spiro atoms. The molecule has 0 bridgehead atoms. The van der Waals surface area contributed by atoms with Gasteiger partial charge in [0.1, 0.15) is 0 Å². The average Bonchev–Trinajstić information content (AvgIpc) is 2.75. The van der Waals surface area contributed by atoms with Crippen molar-refractivity contribution in [2.75, 3.05) is 19.5 Å². The van der Waals surface area contributed by atoms with Gasteiger partial charge < -0.3 is 10.1 Å². The van der Waals surface area contributed by atoms with Gasteiger partial charge in [0.2, 0.25) is 5.95 Å². The SMILES string of the molecule is CNc1nc(OC)nc(-c2cnn(C)c2)n1. The van der Waals surface area contributed by atoms with Crippen LogP contribution in [0, 0.1) is 0 Å². The van der Waals surface area contributed by atoms with Crippen molar-refractivity contribution in [1.82, 2.24) is 24.7 Å². The second kappa shape index (κ2) is 4.13. The van der Waals surface area contributed by atoms with E-state index in [1.54, 1.807) is 17.9 Å². The number of anilines is 1. The van der Waals surface area contributed by atoms with E-state index in [9.17, 15) is 0 Å². The lowest BCUT2D eigenvalue weighted by Gasteiger charge is -2.03. The van der Waals surface area contributed by atoms with Crippen molar-refractivity contribution >= 4 is 5.95 Å². The third-order valence-corrected chi connectivity index (χ3v) is 1.98. The molecule has 0 aliphatic rings. The Morgan fingerprint density at radius 3 is 2.69 bits per heavy atom. The molecule has 2 heterocycles. The van der Waals surface area contributed by atoms with Crippen LogP contribution in [0.4, 0.5) is 5.95 Å². The van der Waals surface area contributed by atoms with Crippen LogP contribution in [0.2, 0.25) is 0 Å². The zero-order valence-corrected chi connectivity index (χ0v) is 9.30. The highest BCUT2D eigenvalue weighted by Gasteiger charge is 2.09. The zero-order valence-electron chi connectivity index (χ0n) is 9.30. The number of hydrogen-bond acceptors (Lipinski definition) is 6. The van der Waals surface area contributed by atoms with Gasteiger partial charge in [-0.2, -0.15) is 20.1 Å². The molecule has 0 saturated heterocycles. The van der Waals surface area contributed by atoms with Gasteiger partial charge in [-0.1, -0.05) is 0 Å². The molecule has 2 aromatic heterocycles. The summed E-state index contributed by atoms with van der Waals surface area (Å²) in [6, 6.07) is 0.276. The van der Waals surface area contributed by atoms with E-state index in [2.05, 4.69) is 25.4 Å². The molecular formula is C9H12N6O. The molecule has 7 nitrogen and oxygen atoms in total. The molecule has 0 saturated carbocycles. The smallest absolute Gasteiger partial charge is 0.321 e. The molecule has 0 aromatic carbocycles. The summed E-state index contributed by atoms with van der Waals surface area (Å²) in [5, 5.41) is 6.91. The maximum absolute atomic E-state index is 5.00. The summed E-state index contributed by atoms with van der Waals surface area (Å²) in [7, 11) is 5.09. The Morgan fingerprint density at radius 1 is 1.31 bits per heavy atom. The van der Waals surface area contributed by atoms with Gasteiger partial charge in [0.05, 0.1) is 18.9 Å². The zero-order chi connectivity index (χ0) is 11.5. The van der Waals surface area contributed by atoms with Crippen molar-refractivity contribution in [1.29, 1.82) is 0 Å². The van der Waals surface area contributed by atoms with Crippen molar-refractivity contribution in [3.05, 3.63) is 12.4 Å². The van der Waals surface area contributed by atoms with Crippen LogP contribution in [-0.2, 0) is 7.05 Å². The molecule has 84 valence electrons. The number of nitrogens with zero attached hydrogens (tertiary/aromatic N) is 5. The third kappa shape index (κ3) is 1.92. The summed E-state index contributed by atoms with van der Waals surface area (Å²) < 4.78 is 6.68. The molecule has 0 radical (unpaired) electrons. The quantitative estimate of drug-likeness (QED) is 0.802. The molecule has 0 amide bonds. The summed E-state index contributed by atoms with van der Waals surface area (Å²) in [6.45, 7) is 0. The lowest BCUT2D eigenvalue weighted by Crippen LogP contribution is -2.02. The number of nitrogens with one attached hydrogen (secondary N) is 1. The van der Waals surface area contributed by atoms with Crippen LogP contribution >= 0.6 is 0 Å². The van der Waals surface area contributed by atoms with Gasteiger partial charge >= 0.3 is 6.01 Å². The van der Waals surface area contributed by atoms with Gasteiger partial charge in [-0.15, -0.1) is 0 Å². The molecule has 0 aliphatic heterocycles. The normalized spacial score (nSPS) is 10.2. The first-order valence-corrected chi connectivity index (χ1v) is 4.69. The van der Waals surface area contributed by atoms with E-state index in [1.165, 1.54) is 7.11 Å². The molecule has 7 heteroatoms. The van der Waals surface area contributed by atoms with Crippen molar-refractivity contribution < 1.29 is 4.74 Å². The molecule has 0 unspecified atom stereocenters. The van der Waals surface area contributed by atoms with Gasteiger partial charge in [-0.05, 0) is 0 Å². The van der Waals surface area contributed by atoms with Crippen LogP contribution in [0.15, 0.2) is 12.4 Å². The summed E-state index contributed by atoms with van der Waals surface area (Å²) in [5.74, 6) is 0.995. The Labute approximate surface area is 92.5 Å². The van der Waals surface area contributed by atoms with Crippen molar-refractivity contribution in [2.24, 2.45) is 7.05 Å². The highest BCUT2D eigenvalue weighted by Crippen LogP contribution is 2.17. The van der Waals surface area contributed by atoms with E-state index in [0.29, 0.717) is 11.8 Å². The fraction of sp³-hybridized carbons (Fsp3) is 0.333. The molecule has 0 fully saturated rings.